The van der Waals surface area contributed by atoms with Crippen LogP contribution in [-0.4, -0.2) is 19.7 Å². The summed E-state index contributed by atoms with van der Waals surface area (Å²) in [5.41, 5.74) is 3.38. The Balaban J connectivity index is 2.07. The van der Waals surface area contributed by atoms with Gasteiger partial charge in [-0.1, -0.05) is 40.2 Å². The van der Waals surface area contributed by atoms with Gasteiger partial charge in [0.05, 0.1) is 12.7 Å². The number of esters is 1. The molecule has 0 aliphatic carbocycles. The number of benzene rings is 2. The number of hydrogen-bond acceptors (Lipinski definition) is 3. The Morgan fingerprint density at radius 2 is 1.62 bits per heavy atom. The molecule has 0 bridgehead atoms. The Morgan fingerprint density at radius 1 is 1.00 bits per heavy atom. The van der Waals surface area contributed by atoms with Gasteiger partial charge in [0, 0.05) is 10.0 Å². The Morgan fingerprint density at radius 3 is 2.24 bits per heavy atom. The van der Waals surface area contributed by atoms with Crippen molar-refractivity contribution in [3.63, 3.8) is 0 Å². The molecule has 1 heterocycles. The van der Waals surface area contributed by atoms with Gasteiger partial charge in [-0.2, -0.15) is 0 Å². The first-order valence-corrected chi connectivity index (χ1v) is 7.29. The molecule has 0 saturated heterocycles. The van der Waals surface area contributed by atoms with Gasteiger partial charge in [-0.15, -0.1) is 0 Å². The number of hydrogen-bond donors (Lipinski definition) is 0. The monoisotopic (exact) mass is 344 g/mol. The molecule has 0 unspecified atom stereocenters. The maximum atomic E-state index is 12.0. The van der Waals surface area contributed by atoms with Crippen LogP contribution in [0.4, 0.5) is 0 Å². The highest BCUT2D eigenvalue weighted by atomic mass is 79.9. The van der Waals surface area contributed by atoms with E-state index >= 15 is 0 Å². The number of ether oxygens (including phenoxy) is 2. The fraction of sp³-hybridized carbons (Fsp3) is 0.118. The maximum absolute atomic E-state index is 12.0. The fourth-order valence-corrected chi connectivity index (χ4v) is 2.60. The van der Waals surface area contributed by atoms with Gasteiger partial charge in [-0.25, -0.2) is 4.79 Å². The zero-order valence-corrected chi connectivity index (χ0v) is 13.0. The molecule has 3 rings (SSSR count). The molecule has 1 aliphatic rings. The lowest BCUT2D eigenvalue weighted by atomic mass is 9.97. The number of rotatable bonds is 3. The Hall–Kier alpha value is -2.07. The van der Waals surface area contributed by atoms with E-state index in [0.29, 0.717) is 12.2 Å². The van der Waals surface area contributed by atoms with Gasteiger partial charge < -0.3 is 9.47 Å². The molecule has 2 aromatic rings. The average Bonchev–Trinajstić information content (AvgIpc) is 2.90. The van der Waals surface area contributed by atoms with Crippen molar-refractivity contribution in [3.8, 4) is 5.75 Å². The molecule has 0 saturated carbocycles. The Labute approximate surface area is 131 Å². The summed E-state index contributed by atoms with van der Waals surface area (Å²) in [4.78, 5) is 12.0. The van der Waals surface area contributed by atoms with Crippen LogP contribution in [0.3, 0.4) is 0 Å². The van der Waals surface area contributed by atoms with Crippen molar-refractivity contribution in [2.45, 2.75) is 0 Å². The van der Waals surface area contributed by atoms with Crippen LogP contribution in [0.15, 0.2) is 53.0 Å². The standard InChI is InChI=1S/C17H13BrO3/c1-20-14-8-4-11(5-9-14)15-10-21-17(19)16(15)12-2-6-13(18)7-3-12/h2-9H,10H2,1H3. The third-order valence-corrected chi connectivity index (χ3v) is 3.95. The third kappa shape index (κ3) is 2.72. The van der Waals surface area contributed by atoms with E-state index in [9.17, 15) is 4.79 Å². The van der Waals surface area contributed by atoms with E-state index in [1.807, 2.05) is 48.5 Å². The number of carbonyl (C=O) groups is 1. The van der Waals surface area contributed by atoms with Crippen LogP contribution in [0.1, 0.15) is 11.1 Å². The molecule has 4 heteroatoms. The first kappa shape index (κ1) is 13.9. The second-order valence-corrected chi connectivity index (χ2v) is 5.58. The minimum absolute atomic E-state index is 0.275. The van der Waals surface area contributed by atoms with E-state index in [-0.39, 0.29) is 5.97 Å². The molecule has 0 radical (unpaired) electrons. The molecule has 1 aliphatic heterocycles. The summed E-state index contributed by atoms with van der Waals surface area (Å²) in [5.74, 6) is 0.512. The van der Waals surface area contributed by atoms with Gasteiger partial charge in [-0.3, -0.25) is 0 Å². The zero-order chi connectivity index (χ0) is 14.8. The normalized spacial score (nSPS) is 14.3. The van der Waals surface area contributed by atoms with Crippen LogP contribution in [0, 0.1) is 0 Å². The Kier molecular flexibility index (Phi) is 3.80. The van der Waals surface area contributed by atoms with Crippen LogP contribution in [0.25, 0.3) is 11.1 Å². The van der Waals surface area contributed by atoms with E-state index in [1.165, 1.54) is 0 Å². The number of carbonyl (C=O) groups excluding carboxylic acids is 1. The smallest absolute Gasteiger partial charge is 0.339 e. The van der Waals surface area contributed by atoms with Crippen molar-refractivity contribution < 1.29 is 14.3 Å². The number of methoxy groups -OCH3 is 1. The van der Waals surface area contributed by atoms with E-state index in [4.69, 9.17) is 9.47 Å². The van der Waals surface area contributed by atoms with Gasteiger partial charge >= 0.3 is 5.97 Å². The molecule has 0 spiro atoms. The predicted octanol–water partition coefficient (Wildman–Crippen LogP) is 3.93. The van der Waals surface area contributed by atoms with Crippen molar-refractivity contribution in [2.75, 3.05) is 13.7 Å². The van der Waals surface area contributed by atoms with Gasteiger partial charge in [-0.05, 0) is 35.4 Å². The van der Waals surface area contributed by atoms with E-state index in [0.717, 1.165) is 26.9 Å². The molecule has 2 aromatic carbocycles. The molecule has 0 fully saturated rings. The van der Waals surface area contributed by atoms with Crippen molar-refractivity contribution in [1.29, 1.82) is 0 Å². The molecule has 0 N–H and O–H groups in total. The lowest BCUT2D eigenvalue weighted by Crippen LogP contribution is -1.98. The molecule has 0 aromatic heterocycles. The first-order valence-electron chi connectivity index (χ1n) is 6.49. The SMILES string of the molecule is COc1ccc(C2=C(c3ccc(Br)cc3)C(=O)OC2)cc1. The lowest BCUT2D eigenvalue weighted by molar-refractivity contribution is -0.133. The second kappa shape index (κ2) is 5.74. The van der Waals surface area contributed by atoms with Crippen molar-refractivity contribution in [2.24, 2.45) is 0 Å². The quantitative estimate of drug-likeness (QED) is 0.791. The van der Waals surface area contributed by atoms with Crippen LogP contribution >= 0.6 is 15.9 Å². The van der Waals surface area contributed by atoms with E-state index in [2.05, 4.69) is 15.9 Å². The minimum atomic E-state index is -0.275. The summed E-state index contributed by atoms with van der Waals surface area (Å²) in [7, 11) is 1.63. The summed E-state index contributed by atoms with van der Waals surface area (Å²) in [5, 5.41) is 0. The van der Waals surface area contributed by atoms with Gasteiger partial charge in [0.25, 0.3) is 0 Å². The largest absolute Gasteiger partial charge is 0.497 e. The topological polar surface area (TPSA) is 35.5 Å². The van der Waals surface area contributed by atoms with Crippen molar-refractivity contribution in [3.05, 3.63) is 64.1 Å². The summed E-state index contributed by atoms with van der Waals surface area (Å²) < 4.78 is 11.4. The van der Waals surface area contributed by atoms with Crippen LogP contribution in [0.5, 0.6) is 5.75 Å². The summed E-state index contributed by atoms with van der Waals surface area (Å²) >= 11 is 3.40. The first-order chi connectivity index (χ1) is 10.2. The zero-order valence-electron chi connectivity index (χ0n) is 11.4. The highest BCUT2D eigenvalue weighted by Gasteiger charge is 2.27. The van der Waals surface area contributed by atoms with Crippen molar-refractivity contribution >= 4 is 33.0 Å². The molecule has 0 atom stereocenters. The van der Waals surface area contributed by atoms with Gasteiger partial charge in [0.2, 0.25) is 0 Å². The molecular weight excluding hydrogens is 332 g/mol. The van der Waals surface area contributed by atoms with Crippen LogP contribution < -0.4 is 4.74 Å². The van der Waals surface area contributed by atoms with Gasteiger partial charge in [0.1, 0.15) is 12.4 Å². The molecule has 0 amide bonds. The van der Waals surface area contributed by atoms with Crippen LogP contribution in [0.2, 0.25) is 0 Å². The fourth-order valence-electron chi connectivity index (χ4n) is 2.33. The number of halogens is 1. The summed E-state index contributed by atoms with van der Waals surface area (Å²) in [6, 6.07) is 15.3. The highest BCUT2D eigenvalue weighted by Crippen LogP contribution is 2.33. The highest BCUT2D eigenvalue weighted by molar-refractivity contribution is 9.10. The average molecular weight is 345 g/mol. The second-order valence-electron chi connectivity index (χ2n) is 4.67. The molecule has 21 heavy (non-hydrogen) atoms. The lowest BCUT2D eigenvalue weighted by Gasteiger charge is -2.06. The van der Waals surface area contributed by atoms with E-state index in [1.54, 1.807) is 7.11 Å². The summed E-state index contributed by atoms with van der Waals surface area (Å²) in [6.07, 6.45) is 0. The van der Waals surface area contributed by atoms with E-state index < -0.39 is 0 Å². The number of cyclic esters (lactones) is 1. The Bertz CT molecular complexity index is 700. The summed E-state index contributed by atoms with van der Waals surface area (Å²) in [6.45, 7) is 0.302. The van der Waals surface area contributed by atoms with Crippen molar-refractivity contribution in [1.82, 2.24) is 0 Å². The minimum Gasteiger partial charge on any atom is -0.497 e. The third-order valence-electron chi connectivity index (χ3n) is 3.42. The molecular formula is C17H13BrO3. The van der Waals surface area contributed by atoms with Crippen LogP contribution in [-0.2, 0) is 9.53 Å². The molecule has 3 nitrogen and oxygen atoms in total. The van der Waals surface area contributed by atoms with Gasteiger partial charge in [0.15, 0.2) is 0 Å². The maximum Gasteiger partial charge on any atom is 0.339 e. The molecule has 106 valence electrons. The predicted molar refractivity (Wildman–Crippen MR) is 84.9 cm³/mol.